The molecule has 0 aromatic rings. The highest BCUT2D eigenvalue weighted by molar-refractivity contribution is 5.61. The number of ether oxygens (including phenoxy) is 2. The molecule has 1 heterocycles. The van der Waals surface area contributed by atoms with Crippen molar-refractivity contribution >= 4 is 6.16 Å². The van der Waals surface area contributed by atoms with Gasteiger partial charge < -0.3 is 9.47 Å². The van der Waals surface area contributed by atoms with E-state index in [1.54, 1.807) is 0 Å². The van der Waals surface area contributed by atoms with Gasteiger partial charge in [0.25, 0.3) is 0 Å². The van der Waals surface area contributed by atoms with Crippen LogP contribution in [0.15, 0.2) is 0 Å². The lowest BCUT2D eigenvalue weighted by Gasteiger charge is -2.07. The van der Waals surface area contributed by atoms with Crippen LogP contribution in [-0.4, -0.2) is 18.9 Å². The molecule has 0 aromatic carbocycles. The Kier molecular flexibility index (Phi) is 1.60. The lowest BCUT2D eigenvalue weighted by Crippen LogP contribution is -2.16. The first kappa shape index (κ1) is 6.39. The molecule has 0 saturated carbocycles. The molecule has 1 aliphatic heterocycles. The van der Waals surface area contributed by atoms with E-state index in [0.717, 1.165) is 0 Å². The molecule has 52 valence electrons. The highest BCUT2D eigenvalue weighted by atomic mass is 16.8. The van der Waals surface area contributed by atoms with E-state index in [2.05, 4.69) is 4.74 Å². The summed E-state index contributed by atoms with van der Waals surface area (Å²) in [6.45, 7) is 4.40. The van der Waals surface area contributed by atoms with Crippen molar-refractivity contribution < 1.29 is 14.3 Å². The van der Waals surface area contributed by atoms with Gasteiger partial charge in [0.2, 0.25) is 0 Å². The molecule has 0 aromatic heterocycles. The smallest absolute Gasteiger partial charge is 0.430 e. The lowest BCUT2D eigenvalue weighted by atomic mass is 10.1. The average Bonchev–Trinajstić information content (AvgIpc) is 2.14. The zero-order valence-electron chi connectivity index (χ0n) is 5.59. The Morgan fingerprint density at radius 3 is 2.56 bits per heavy atom. The minimum Gasteiger partial charge on any atom is -0.430 e. The maximum absolute atomic E-state index is 10.3. The first-order valence-corrected chi connectivity index (χ1v) is 3.03. The van der Waals surface area contributed by atoms with Gasteiger partial charge in [-0.3, -0.25) is 0 Å². The van der Waals surface area contributed by atoms with Gasteiger partial charge in [-0.25, -0.2) is 4.79 Å². The molecule has 0 spiro atoms. The van der Waals surface area contributed by atoms with Gasteiger partial charge >= 0.3 is 6.16 Å². The molecule has 0 radical (unpaired) electrons. The molecule has 1 aliphatic rings. The largest absolute Gasteiger partial charge is 0.508 e. The van der Waals surface area contributed by atoms with Gasteiger partial charge in [-0.1, -0.05) is 13.8 Å². The predicted octanol–water partition coefficient (Wildman–Crippen LogP) is 1.18. The molecule has 0 amide bonds. The van der Waals surface area contributed by atoms with Crippen molar-refractivity contribution in [1.29, 1.82) is 0 Å². The van der Waals surface area contributed by atoms with E-state index in [0.29, 0.717) is 12.5 Å². The van der Waals surface area contributed by atoms with Crippen LogP contribution in [-0.2, 0) is 9.47 Å². The topological polar surface area (TPSA) is 35.5 Å². The van der Waals surface area contributed by atoms with E-state index in [1.165, 1.54) is 0 Å². The van der Waals surface area contributed by atoms with Crippen LogP contribution in [0, 0.1) is 5.92 Å². The Morgan fingerprint density at radius 2 is 2.33 bits per heavy atom. The minimum atomic E-state index is -0.534. The Bertz CT molecular complexity index is 119. The van der Waals surface area contributed by atoms with Crippen LogP contribution in [0.25, 0.3) is 0 Å². The van der Waals surface area contributed by atoms with E-state index in [1.807, 2.05) is 13.8 Å². The number of carbonyl (C=O) groups is 1. The highest BCUT2D eigenvalue weighted by Gasteiger charge is 2.27. The Balaban J connectivity index is 2.39. The molecule has 3 heteroatoms. The quantitative estimate of drug-likeness (QED) is 0.500. The van der Waals surface area contributed by atoms with Gasteiger partial charge in [-0.2, -0.15) is 0 Å². The number of carbonyl (C=O) groups excluding carboxylic acids is 1. The second kappa shape index (κ2) is 2.25. The first-order chi connectivity index (χ1) is 4.20. The van der Waals surface area contributed by atoms with E-state index in [4.69, 9.17) is 4.74 Å². The molecular formula is C6H10O3. The van der Waals surface area contributed by atoms with Gasteiger partial charge in [-0.15, -0.1) is 0 Å². The SMILES string of the molecule is CC(C)C1COC(=O)O1. The van der Waals surface area contributed by atoms with Crippen LogP contribution in [0.4, 0.5) is 4.79 Å². The van der Waals surface area contributed by atoms with E-state index >= 15 is 0 Å². The molecule has 1 rings (SSSR count). The molecule has 3 nitrogen and oxygen atoms in total. The fraction of sp³-hybridized carbons (Fsp3) is 0.833. The predicted molar refractivity (Wildman–Crippen MR) is 31.1 cm³/mol. The lowest BCUT2D eigenvalue weighted by molar-refractivity contribution is 0.105. The van der Waals surface area contributed by atoms with Gasteiger partial charge in [0.15, 0.2) is 0 Å². The van der Waals surface area contributed by atoms with Crippen LogP contribution >= 0.6 is 0 Å². The van der Waals surface area contributed by atoms with E-state index in [-0.39, 0.29) is 6.10 Å². The fourth-order valence-electron chi connectivity index (χ4n) is 0.670. The van der Waals surface area contributed by atoms with Crippen LogP contribution in [0.3, 0.4) is 0 Å². The summed E-state index contributed by atoms with van der Waals surface area (Å²) in [7, 11) is 0. The number of hydrogen-bond acceptors (Lipinski definition) is 3. The van der Waals surface area contributed by atoms with Gasteiger partial charge in [-0.05, 0) is 5.92 Å². The second-order valence-corrected chi connectivity index (χ2v) is 2.46. The van der Waals surface area contributed by atoms with Crippen LogP contribution in [0.1, 0.15) is 13.8 Å². The van der Waals surface area contributed by atoms with Gasteiger partial charge in [0.05, 0.1) is 0 Å². The number of hydrogen-bond donors (Lipinski definition) is 0. The summed E-state index contributed by atoms with van der Waals surface area (Å²) in [6, 6.07) is 0. The molecule has 9 heavy (non-hydrogen) atoms. The fourth-order valence-corrected chi connectivity index (χ4v) is 0.670. The summed E-state index contributed by atoms with van der Waals surface area (Å²) < 4.78 is 9.33. The van der Waals surface area contributed by atoms with Gasteiger partial charge in [0.1, 0.15) is 12.7 Å². The van der Waals surface area contributed by atoms with Crippen LogP contribution in [0.2, 0.25) is 0 Å². The standard InChI is InChI=1S/C6H10O3/c1-4(2)5-3-8-6(7)9-5/h4-5H,3H2,1-2H3. The summed E-state index contributed by atoms with van der Waals surface area (Å²) in [5.74, 6) is 0.358. The Hall–Kier alpha value is -0.730. The third-order valence-electron chi connectivity index (χ3n) is 1.36. The van der Waals surface area contributed by atoms with Crippen molar-refractivity contribution in [3.05, 3.63) is 0 Å². The van der Waals surface area contributed by atoms with Crippen LogP contribution < -0.4 is 0 Å². The number of cyclic esters (lactones) is 2. The first-order valence-electron chi connectivity index (χ1n) is 3.03. The normalized spacial score (nSPS) is 26.1. The van der Waals surface area contributed by atoms with Crippen molar-refractivity contribution in [2.45, 2.75) is 20.0 Å². The molecule has 1 fully saturated rings. The van der Waals surface area contributed by atoms with Crippen molar-refractivity contribution in [1.82, 2.24) is 0 Å². The third kappa shape index (κ3) is 1.34. The molecular weight excluding hydrogens is 120 g/mol. The second-order valence-electron chi connectivity index (χ2n) is 2.46. The van der Waals surface area contributed by atoms with Crippen molar-refractivity contribution in [2.75, 3.05) is 6.61 Å². The summed E-state index contributed by atoms with van der Waals surface area (Å²) in [6.07, 6.45) is -0.564. The van der Waals surface area contributed by atoms with Crippen LogP contribution in [0.5, 0.6) is 0 Å². The summed E-state index contributed by atoms with van der Waals surface area (Å²) in [4.78, 5) is 10.3. The molecule has 0 aliphatic carbocycles. The van der Waals surface area contributed by atoms with Gasteiger partial charge in [0, 0.05) is 0 Å². The zero-order chi connectivity index (χ0) is 6.85. The molecule has 1 unspecified atom stereocenters. The summed E-state index contributed by atoms with van der Waals surface area (Å²) in [5, 5.41) is 0. The third-order valence-corrected chi connectivity index (χ3v) is 1.36. The average molecular weight is 130 g/mol. The maximum atomic E-state index is 10.3. The molecule has 0 N–H and O–H groups in total. The highest BCUT2D eigenvalue weighted by Crippen LogP contribution is 2.13. The summed E-state index contributed by atoms with van der Waals surface area (Å²) in [5.41, 5.74) is 0. The Labute approximate surface area is 53.9 Å². The number of rotatable bonds is 1. The van der Waals surface area contributed by atoms with E-state index < -0.39 is 6.16 Å². The van der Waals surface area contributed by atoms with Crippen molar-refractivity contribution in [3.63, 3.8) is 0 Å². The monoisotopic (exact) mass is 130 g/mol. The summed E-state index contributed by atoms with van der Waals surface area (Å²) >= 11 is 0. The van der Waals surface area contributed by atoms with Crippen molar-refractivity contribution in [2.24, 2.45) is 5.92 Å². The maximum Gasteiger partial charge on any atom is 0.508 e. The molecule has 0 bridgehead atoms. The van der Waals surface area contributed by atoms with E-state index in [9.17, 15) is 4.79 Å². The zero-order valence-corrected chi connectivity index (χ0v) is 5.59. The minimum absolute atomic E-state index is 0.0301. The molecule has 1 saturated heterocycles. The van der Waals surface area contributed by atoms with Crippen molar-refractivity contribution in [3.8, 4) is 0 Å². The Morgan fingerprint density at radius 1 is 1.67 bits per heavy atom. The molecule has 1 atom stereocenters.